The standard InChI is InChI=1S/C17H15NO7/c1-24-15-9-11(4-6-14(15)20)13(19)5-3-10-7-12(18(22)23)17(21)16(8-10)25-2/h3-9,20-21H,1-2H3. The van der Waals surface area contributed by atoms with Gasteiger partial charge in [-0.15, -0.1) is 0 Å². The van der Waals surface area contributed by atoms with Crippen LogP contribution >= 0.6 is 0 Å². The first-order chi connectivity index (χ1) is 11.9. The maximum atomic E-state index is 12.2. The number of carbonyl (C=O) groups excluding carboxylic acids is 1. The van der Waals surface area contributed by atoms with E-state index in [-0.39, 0.29) is 22.8 Å². The molecule has 0 fully saturated rings. The highest BCUT2D eigenvalue weighted by Gasteiger charge is 2.19. The maximum Gasteiger partial charge on any atom is 0.315 e. The molecule has 0 amide bonds. The van der Waals surface area contributed by atoms with Crippen LogP contribution in [0.25, 0.3) is 6.08 Å². The van der Waals surface area contributed by atoms with Crippen LogP contribution in [0.4, 0.5) is 5.69 Å². The summed E-state index contributed by atoms with van der Waals surface area (Å²) in [5.41, 5.74) is 0.0457. The Morgan fingerprint density at radius 3 is 2.40 bits per heavy atom. The lowest BCUT2D eigenvalue weighted by Crippen LogP contribution is -1.96. The Labute approximate surface area is 142 Å². The Morgan fingerprint density at radius 2 is 1.80 bits per heavy atom. The van der Waals surface area contributed by atoms with Gasteiger partial charge in [-0.2, -0.15) is 0 Å². The molecule has 0 saturated carbocycles. The highest BCUT2D eigenvalue weighted by Crippen LogP contribution is 2.37. The summed E-state index contributed by atoms with van der Waals surface area (Å²) < 4.78 is 9.83. The minimum absolute atomic E-state index is 0.0763. The number of rotatable bonds is 6. The number of benzene rings is 2. The predicted octanol–water partition coefficient (Wildman–Crippen LogP) is 2.92. The molecule has 2 aromatic carbocycles. The number of nitro groups is 1. The number of phenols is 2. The molecule has 2 aromatic rings. The number of hydrogen-bond acceptors (Lipinski definition) is 7. The van der Waals surface area contributed by atoms with Crippen molar-refractivity contribution in [3.8, 4) is 23.0 Å². The summed E-state index contributed by atoms with van der Waals surface area (Å²) in [7, 11) is 2.63. The molecule has 25 heavy (non-hydrogen) atoms. The normalized spacial score (nSPS) is 10.6. The van der Waals surface area contributed by atoms with E-state index in [1.165, 1.54) is 50.6 Å². The Bertz CT molecular complexity index is 858. The SMILES string of the molecule is COc1cc(C(=O)C=Cc2cc(OC)c(O)c([N+](=O)[O-])c2)ccc1O. The molecule has 8 nitrogen and oxygen atoms in total. The number of ketones is 1. The van der Waals surface area contributed by atoms with Gasteiger partial charge in [-0.05, 0) is 35.9 Å². The van der Waals surface area contributed by atoms with Gasteiger partial charge in [-0.25, -0.2) is 0 Å². The van der Waals surface area contributed by atoms with Gasteiger partial charge in [0.15, 0.2) is 23.0 Å². The monoisotopic (exact) mass is 345 g/mol. The van der Waals surface area contributed by atoms with Gasteiger partial charge in [0, 0.05) is 11.6 Å². The summed E-state index contributed by atoms with van der Waals surface area (Å²) in [5, 5.41) is 30.2. The third-order valence-electron chi connectivity index (χ3n) is 3.39. The predicted molar refractivity (Wildman–Crippen MR) is 89.3 cm³/mol. The summed E-state index contributed by atoms with van der Waals surface area (Å²) in [6.45, 7) is 0. The molecule has 0 saturated heterocycles. The molecule has 0 atom stereocenters. The molecule has 0 aliphatic carbocycles. The lowest BCUT2D eigenvalue weighted by molar-refractivity contribution is -0.386. The topological polar surface area (TPSA) is 119 Å². The lowest BCUT2D eigenvalue weighted by Gasteiger charge is -2.06. The van der Waals surface area contributed by atoms with Crippen LogP contribution < -0.4 is 9.47 Å². The summed E-state index contributed by atoms with van der Waals surface area (Å²) in [6, 6.07) is 6.61. The highest BCUT2D eigenvalue weighted by molar-refractivity contribution is 6.07. The molecular formula is C17H15NO7. The molecule has 2 rings (SSSR count). The zero-order valence-corrected chi connectivity index (χ0v) is 13.4. The van der Waals surface area contributed by atoms with Gasteiger partial charge in [0.25, 0.3) is 0 Å². The van der Waals surface area contributed by atoms with E-state index in [9.17, 15) is 25.1 Å². The first-order valence-electron chi connectivity index (χ1n) is 7.02. The number of carbonyl (C=O) groups is 1. The van der Waals surface area contributed by atoms with Crippen molar-refractivity contribution in [2.24, 2.45) is 0 Å². The molecule has 130 valence electrons. The largest absolute Gasteiger partial charge is 0.504 e. The third kappa shape index (κ3) is 3.86. The summed E-state index contributed by atoms with van der Waals surface area (Å²) in [6.07, 6.45) is 2.57. The molecule has 0 spiro atoms. The smallest absolute Gasteiger partial charge is 0.315 e. The van der Waals surface area contributed by atoms with Gasteiger partial charge in [0.2, 0.25) is 5.75 Å². The number of aromatic hydroxyl groups is 2. The first kappa shape index (κ1) is 17.8. The molecule has 2 N–H and O–H groups in total. The van der Waals surface area contributed by atoms with Crippen molar-refractivity contribution in [3.63, 3.8) is 0 Å². The second-order valence-electron chi connectivity index (χ2n) is 4.93. The zero-order valence-electron chi connectivity index (χ0n) is 13.4. The van der Waals surface area contributed by atoms with Crippen molar-refractivity contribution in [2.45, 2.75) is 0 Å². The molecule has 0 heterocycles. The van der Waals surface area contributed by atoms with E-state index in [1.54, 1.807) is 0 Å². The van der Waals surface area contributed by atoms with Crippen LogP contribution in [0.1, 0.15) is 15.9 Å². The maximum absolute atomic E-state index is 12.2. The number of allylic oxidation sites excluding steroid dienone is 1. The van der Waals surface area contributed by atoms with Crippen LogP contribution in [-0.4, -0.2) is 35.1 Å². The van der Waals surface area contributed by atoms with Crippen LogP contribution in [0.15, 0.2) is 36.4 Å². The number of hydrogen-bond donors (Lipinski definition) is 2. The fourth-order valence-corrected chi connectivity index (χ4v) is 2.10. The number of methoxy groups -OCH3 is 2. The fourth-order valence-electron chi connectivity index (χ4n) is 2.10. The van der Waals surface area contributed by atoms with E-state index in [2.05, 4.69) is 0 Å². The Balaban J connectivity index is 2.34. The van der Waals surface area contributed by atoms with Gasteiger partial charge >= 0.3 is 5.69 Å². The molecule has 0 unspecified atom stereocenters. The average Bonchev–Trinajstić information content (AvgIpc) is 2.60. The van der Waals surface area contributed by atoms with Crippen molar-refractivity contribution in [1.29, 1.82) is 0 Å². The molecule has 0 aliphatic rings. The molecule has 0 radical (unpaired) electrons. The Hall–Kier alpha value is -3.55. The quantitative estimate of drug-likeness (QED) is 0.357. The number of phenolic OH excluding ortho intramolecular Hbond substituents is 2. The van der Waals surface area contributed by atoms with E-state index < -0.39 is 22.1 Å². The van der Waals surface area contributed by atoms with E-state index >= 15 is 0 Å². The number of nitro benzene ring substituents is 1. The van der Waals surface area contributed by atoms with E-state index in [0.717, 1.165) is 6.07 Å². The average molecular weight is 345 g/mol. The van der Waals surface area contributed by atoms with E-state index in [0.29, 0.717) is 5.56 Å². The van der Waals surface area contributed by atoms with Gasteiger partial charge in [0.1, 0.15) is 0 Å². The van der Waals surface area contributed by atoms with Crippen molar-refractivity contribution < 1.29 is 29.4 Å². The molecule has 0 bridgehead atoms. The van der Waals surface area contributed by atoms with Crippen molar-refractivity contribution in [2.75, 3.05) is 14.2 Å². The molecular weight excluding hydrogens is 330 g/mol. The van der Waals surface area contributed by atoms with Crippen LogP contribution in [-0.2, 0) is 0 Å². The van der Waals surface area contributed by atoms with E-state index in [1.807, 2.05) is 0 Å². The second-order valence-corrected chi connectivity index (χ2v) is 4.93. The second kappa shape index (κ2) is 7.35. The summed E-state index contributed by atoms with van der Waals surface area (Å²) >= 11 is 0. The van der Waals surface area contributed by atoms with E-state index in [4.69, 9.17) is 9.47 Å². The number of nitrogens with zero attached hydrogens (tertiary/aromatic N) is 1. The van der Waals surface area contributed by atoms with Gasteiger partial charge in [-0.1, -0.05) is 6.08 Å². The van der Waals surface area contributed by atoms with Crippen LogP contribution in [0.5, 0.6) is 23.0 Å². The highest BCUT2D eigenvalue weighted by atomic mass is 16.6. The molecule has 8 heteroatoms. The van der Waals surface area contributed by atoms with Crippen molar-refractivity contribution >= 4 is 17.5 Å². The fraction of sp³-hybridized carbons (Fsp3) is 0.118. The summed E-state index contributed by atoms with van der Waals surface area (Å²) in [4.78, 5) is 22.4. The third-order valence-corrected chi connectivity index (χ3v) is 3.39. The van der Waals surface area contributed by atoms with Crippen molar-refractivity contribution in [1.82, 2.24) is 0 Å². The van der Waals surface area contributed by atoms with Gasteiger partial charge in [0.05, 0.1) is 19.1 Å². The minimum Gasteiger partial charge on any atom is -0.504 e. The van der Waals surface area contributed by atoms with Crippen LogP contribution in [0, 0.1) is 10.1 Å². The minimum atomic E-state index is -0.748. The number of ether oxygens (including phenoxy) is 2. The summed E-state index contributed by atoms with van der Waals surface area (Å²) in [5.74, 6) is -0.997. The van der Waals surface area contributed by atoms with Gasteiger partial charge < -0.3 is 19.7 Å². The lowest BCUT2D eigenvalue weighted by atomic mass is 10.1. The van der Waals surface area contributed by atoms with Crippen LogP contribution in [0.2, 0.25) is 0 Å². The van der Waals surface area contributed by atoms with Crippen LogP contribution in [0.3, 0.4) is 0 Å². The first-order valence-corrected chi connectivity index (χ1v) is 7.02. The Morgan fingerprint density at radius 1 is 1.12 bits per heavy atom. The van der Waals surface area contributed by atoms with Gasteiger partial charge in [-0.3, -0.25) is 14.9 Å². The molecule has 0 aromatic heterocycles. The Kier molecular flexibility index (Phi) is 5.23. The molecule has 0 aliphatic heterocycles. The zero-order chi connectivity index (χ0) is 18.6. The van der Waals surface area contributed by atoms with Crippen molar-refractivity contribution in [3.05, 3.63) is 57.6 Å².